The number of halogens is 1. The van der Waals surface area contributed by atoms with Crippen molar-refractivity contribution >= 4 is 16.8 Å². The molecular weight excluding hydrogens is 327 g/mol. The Morgan fingerprint density at radius 2 is 2.24 bits per heavy atom. The van der Waals surface area contributed by atoms with E-state index in [1.807, 2.05) is 0 Å². The molecule has 0 N–H and O–H groups in total. The van der Waals surface area contributed by atoms with Gasteiger partial charge in [0.25, 0.3) is 5.91 Å². The third-order valence-electron chi connectivity index (χ3n) is 4.27. The van der Waals surface area contributed by atoms with Gasteiger partial charge in [-0.05, 0) is 25.1 Å². The maximum atomic E-state index is 13.4. The van der Waals surface area contributed by atoms with Crippen molar-refractivity contribution in [3.05, 3.63) is 53.6 Å². The zero-order valence-corrected chi connectivity index (χ0v) is 13.5. The highest BCUT2D eigenvalue weighted by Gasteiger charge is 2.33. The number of rotatable bonds is 2. The average Bonchev–Trinajstić information content (AvgIpc) is 3.15. The topological polar surface area (TPSA) is 81.4 Å². The van der Waals surface area contributed by atoms with E-state index in [0.717, 1.165) is 0 Å². The number of aryl methyl sites for hydroxylation is 1. The molecule has 0 unspecified atom stereocenters. The predicted octanol–water partition coefficient (Wildman–Crippen LogP) is 2.28. The molecule has 1 atom stereocenters. The lowest BCUT2D eigenvalue weighted by Gasteiger charge is -2.34. The minimum Gasteiger partial charge on any atom is -0.377 e. The van der Waals surface area contributed by atoms with Gasteiger partial charge in [-0.1, -0.05) is 5.16 Å². The standard InChI is InChI=1S/C17H15FN4O3/c1-10-13(6-11-2-3-12(18)7-14(11)20-10)17(23)22-4-5-24-8-15(22)16-19-9-25-21-16/h2-3,6-7,9,15H,4-5,8H2,1H3/t15-/m0/s1. The van der Waals surface area contributed by atoms with Crippen LogP contribution in [0.15, 0.2) is 35.2 Å². The second-order valence-corrected chi connectivity index (χ2v) is 5.84. The minimum absolute atomic E-state index is 0.186. The Kier molecular flexibility index (Phi) is 3.89. The number of nitrogens with zero attached hydrogens (tertiary/aromatic N) is 4. The SMILES string of the molecule is Cc1nc2cc(F)ccc2cc1C(=O)N1CCOC[C@H]1c1ncon1. The number of morpholine rings is 1. The van der Waals surface area contributed by atoms with E-state index >= 15 is 0 Å². The third-order valence-corrected chi connectivity index (χ3v) is 4.27. The zero-order chi connectivity index (χ0) is 17.4. The first-order valence-electron chi connectivity index (χ1n) is 7.85. The summed E-state index contributed by atoms with van der Waals surface area (Å²) in [5.41, 5.74) is 1.53. The highest BCUT2D eigenvalue weighted by atomic mass is 19.1. The molecule has 128 valence electrons. The summed E-state index contributed by atoms with van der Waals surface area (Å²) in [5.74, 6) is -0.139. The summed E-state index contributed by atoms with van der Waals surface area (Å²) in [6.45, 7) is 2.89. The summed E-state index contributed by atoms with van der Waals surface area (Å²) in [6.07, 6.45) is 1.23. The van der Waals surface area contributed by atoms with E-state index in [2.05, 4.69) is 15.1 Å². The van der Waals surface area contributed by atoms with Crippen LogP contribution in [-0.4, -0.2) is 45.7 Å². The van der Waals surface area contributed by atoms with Gasteiger partial charge in [-0.25, -0.2) is 4.39 Å². The van der Waals surface area contributed by atoms with Gasteiger partial charge in [0, 0.05) is 18.0 Å². The van der Waals surface area contributed by atoms with Crippen LogP contribution < -0.4 is 0 Å². The van der Waals surface area contributed by atoms with Gasteiger partial charge >= 0.3 is 0 Å². The Hall–Kier alpha value is -2.87. The van der Waals surface area contributed by atoms with Crippen molar-refractivity contribution in [2.24, 2.45) is 0 Å². The molecule has 0 bridgehead atoms. The number of fused-ring (bicyclic) bond motifs is 1. The summed E-state index contributed by atoms with van der Waals surface area (Å²) in [6, 6.07) is 5.65. The van der Waals surface area contributed by atoms with Gasteiger partial charge in [0.2, 0.25) is 6.39 Å². The molecule has 1 amide bonds. The lowest BCUT2D eigenvalue weighted by atomic mass is 10.1. The molecule has 25 heavy (non-hydrogen) atoms. The largest absolute Gasteiger partial charge is 0.377 e. The quantitative estimate of drug-likeness (QED) is 0.711. The number of pyridine rings is 1. The predicted molar refractivity (Wildman–Crippen MR) is 85.3 cm³/mol. The van der Waals surface area contributed by atoms with Crippen LogP contribution in [0.2, 0.25) is 0 Å². The fourth-order valence-corrected chi connectivity index (χ4v) is 2.99. The molecule has 3 heterocycles. The highest BCUT2D eigenvalue weighted by Crippen LogP contribution is 2.26. The molecule has 8 heteroatoms. The van der Waals surface area contributed by atoms with Gasteiger partial charge in [0.1, 0.15) is 11.9 Å². The fourth-order valence-electron chi connectivity index (χ4n) is 2.99. The highest BCUT2D eigenvalue weighted by molar-refractivity contribution is 5.98. The summed E-state index contributed by atoms with van der Waals surface area (Å²) in [7, 11) is 0. The third kappa shape index (κ3) is 2.85. The molecule has 0 spiro atoms. The average molecular weight is 342 g/mol. The first-order valence-corrected chi connectivity index (χ1v) is 7.85. The second-order valence-electron chi connectivity index (χ2n) is 5.84. The van der Waals surface area contributed by atoms with E-state index in [9.17, 15) is 9.18 Å². The number of ether oxygens (including phenoxy) is 1. The van der Waals surface area contributed by atoms with E-state index in [0.29, 0.717) is 47.7 Å². The van der Waals surface area contributed by atoms with Crippen LogP contribution in [0, 0.1) is 12.7 Å². The number of amides is 1. The number of carbonyl (C=O) groups excluding carboxylic acids is 1. The van der Waals surface area contributed by atoms with Crippen molar-refractivity contribution in [1.29, 1.82) is 0 Å². The summed E-state index contributed by atoms with van der Waals surface area (Å²) in [5, 5.41) is 4.54. The molecule has 1 aromatic carbocycles. The van der Waals surface area contributed by atoms with Crippen LogP contribution in [-0.2, 0) is 4.74 Å². The molecule has 0 radical (unpaired) electrons. The van der Waals surface area contributed by atoms with Gasteiger partial charge in [0.15, 0.2) is 5.82 Å². The molecule has 7 nitrogen and oxygen atoms in total. The van der Waals surface area contributed by atoms with E-state index in [4.69, 9.17) is 9.26 Å². The summed E-state index contributed by atoms with van der Waals surface area (Å²) < 4.78 is 23.6. The van der Waals surface area contributed by atoms with Gasteiger partial charge < -0.3 is 14.2 Å². The van der Waals surface area contributed by atoms with E-state index < -0.39 is 6.04 Å². The monoisotopic (exact) mass is 342 g/mol. The molecule has 2 aromatic heterocycles. The summed E-state index contributed by atoms with van der Waals surface area (Å²) >= 11 is 0. The number of carbonyl (C=O) groups is 1. The second kappa shape index (κ2) is 6.21. The molecule has 0 saturated carbocycles. The van der Waals surface area contributed by atoms with Crippen LogP contribution in [0.25, 0.3) is 10.9 Å². The lowest BCUT2D eigenvalue weighted by Crippen LogP contribution is -2.44. The van der Waals surface area contributed by atoms with Gasteiger partial charge in [0.05, 0.1) is 30.0 Å². The van der Waals surface area contributed by atoms with Crippen LogP contribution in [0.3, 0.4) is 0 Å². The Bertz CT molecular complexity index is 929. The van der Waals surface area contributed by atoms with E-state index in [1.54, 1.807) is 24.0 Å². The van der Waals surface area contributed by atoms with Crippen molar-refractivity contribution in [2.75, 3.05) is 19.8 Å². The van der Waals surface area contributed by atoms with Crippen molar-refractivity contribution < 1.29 is 18.4 Å². The molecule has 1 aliphatic heterocycles. The number of benzene rings is 1. The smallest absolute Gasteiger partial charge is 0.256 e. The number of hydrogen-bond acceptors (Lipinski definition) is 6. The Morgan fingerprint density at radius 3 is 3.04 bits per heavy atom. The van der Waals surface area contributed by atoms with Gasteiger partial charge in [-0.2, -0.15) is 4.98 Å². The normalized spacial score (nSPS) is 17.8. The maximum absolute atomic E-state index is 13.4. The lowest BCUT2D eigenvalue weighted by molar-refractivity contribution is -0.00582. The Balaban J connectivity index is 1.73. The van der Waals surface area contributed by atoms with Crippen molar-refractivity contribution in [3.63, 3.8) is 0 Å². The van der Waals surface area contributed by atoms with Crippen LogP contribution in [0.5, 0.6) is 0 Å². The van der Waals surface area contributed by atoms with Crippen LogP contribution in [0.1, 0.15) is 27.9 Å². The first-order chi connectivity index (χ1) is 12.1. The molecule has 4 rings (SSSR count). The molecule has 1 aliphatic rings. The molecule has 3 aromatic rings. The van der Waals surface area contributed by atoms with Crippen molar-refractivity contribution in [3.8, 4) is 0 Å². The van der Waals surface area contributed by atoms with Crippen LogP contribution in [0.4, 0.5) is 4.39 Å². The Labute approximate surface area is 142 Å². The molecule has 1 saturated heterocycles. The number of aromatic nitrogens is 3. The number of hydrogen-bond donors (Lipinski definition) is 0. The van der Waals surface area contributed by atoms with Crippen molar-refractivity contribution in [2.45, 2.75) is 13.0 Å². The minimum atomic E-state index is -0.414. The van der Waals surface area contributed by atoms with E-state index in [1.165, 1.54) is 18.5 Å². The van der Waals surface area contributed by atoms with E-state index in [-0.39, 0.29) is 11.7 Å². The van der Waals surface area contributed by atoms with Crippen LogP contribution >= 0.6 is 0 Å². The molecular formula is C17H15FN4O3. The fraction of sp³-hybridized carbons (Fsp3) is 0.294. The van der Waals surface area contributed by atoms with Gasteiger partial charge in [-0.3, -0.25) is 9.78 Å². The van der Waals surface area contributed by atoms with Crippen molar-refractivity contribution in [1.82, 2.24) is 20.0 Å². The first kappa shape index (κ1) is 15.6. The molecule has 1 fully saturated rings. The summed E-state index contributed by atoms with van der Waals surface area (Å²) in [4.78, 5) is 23.2. The molecule has 0 aliphatic carbocycles. The van der Waals surface area contributed by atoms with Gasteiger partial charge in [-0.15, -0.1) is 0 Å². The zero-order valence-electron chi connectivity index (χ0n) is 13.5. The Morgan fingerprint density at radius 1 is 1.36 bits per heavy atom. The maximum Gasteiger partial charge on any atom is 0.256 e.